The van der Waals surface area contributed by atoms with Crippen LogP contribution in [0, 0.1) is 17.8 Å². The predicted molar refractivity (Wildman–Crippen MR) is 81.3 cm³/mol. The van der Waals surface area contributed by atoms with Gasteiger partial charge in [0, 0.05) is 24.2 Å². The highest BCUT2D eigenvalue weighted by atomic mass is 16.2. The Bertz CT molecular complexity index is 510. The van der Waals surface area contributed by atoms with Crippen molar-refractivity contribution in [1.29, 1.82) is 0 Å². The van der Waals surface area contributed by atoms with E-state index < -0.39 is 0 Å². The van der Waals surface area contributed by atoms with Gasteiger partial charge in [0.1, 0.15) is 0 Å². The predicted octanol–water partition coefficient (Wildman–Crippen LogP) is 2.26. The van der Waals surface area contributed by atoms with E-state index in [1.807, 2.05) is 29.2 Å². The standard InChI is InChI=1S/C17H22N2O/c1-2-4-15-10-12-19(13-15)17(20)16-8-6-14(7-9-16)5-3-11-18/h6-9,15H,2,4,10-13,18H2,1H3. The Labute approximate surface area is 121 Å². The lowest BCUT2D eigenvalue weighted by Gasteiger charge is -2.16. The maximum absolute atomic E-state index is 12.4. The van der Waals surface area contributed by atoms with Crippen LogP contribution in [0.25, 0.3) is 0 Å². The molecule has 1 fully saturated rings. The van der Waals surface area contributed by atoms with Gasteiger partial charge >= 0.3 is 0 Å². The van der Waals surface area contributed by atoms with Crippen LogP contribution in [-0.4, -0.2) is 30.4 Å². The summed E-state index contributed by atoms with van der Waals surface area (Å²) in [5, 5.41) is 0. The molecule has 1 aromatic carbocycles. The summed E-state index contributed by atoms with van der Waals surface area (Å²) in [5.41, 5.74) is 6.99. The van der Waals surface area contributed by atoms with Crippen molar-refractivity contribution in [3.05, 3.63) is 35.4 Å². The van der Waals surface area contributed by atoms with Gasteiger partial charge < -0.3 is 10.6 Å². The fourth-order valence-electron chi connectivity index (χ4n) is 2.69. The Morgan fingerprint density at radius 2 is 2.15 bits per heavy atom. The molecular formula is C17H22N2O. The van der Waals surface area contributed by atoms with E-state index in [0.717, 1.165) is 30.6 Å². The molecule has 3 nitrogen and oxygen atoms in total. The smallest absolute Gasteiger partial charge is 0.253 e. The third kappa shape index (κ3) is 3.61. The Balaban J connectivity index is 1.99. The number of amides is 1. The Kier molecular flexibility index (Phi) is 5.20. The van der Waals surface area contributed by atoms with Crippen LogP contribution in [0.4, 0.5) is 0 Å². The van der Waals surface area contributed by atoms with E-state index >= 15 is 0 Å². The number of nitrogens with zero attached hydrogens (tertiary/aromatic N) is 1. The van der Waals surface area contributed by atoms with Crippen LogP contribution >= 0.6 is 0 Å². The van der Waals surface area contributed by atoms with Gasteiger partial charge in [0.15, 0.2) is 0 Å². The molecular weight excluding hydrogens is 248 g/mol. The van der Waals surface area contributed by atoms with Crippen LogP contribution in [-0.2, 0) is 0 Å². The number of benzene rings is 1. The van der Waals surface area contributed by atoms with Crippen LogP contribution in [0.2, 0.25) is 0 Å². The molecule has 0 spiro atoms. The second-order valence-corrected chi connectivity index (χ2v) is 5.28. The summed E-state index contributed by atoms with van der Waals surface area (Å²) in [6, 6.07) is 7.48. The van der Waals surface area contributed by atoms with Gasteiger partial charge in [-0.1, -0.05) is 25.2 Å². The van der Waals surface area contributed by atoms with Gasteiger partial charge in [-0.05, 0) is 43.0 Å². The van der Waals surface area contributed by atoms with Gasteiger partial charge in [-0.3, -0.25) is 4.79 Å². The molecule has 1 amide bonds. The van der Waals surface area contributed by atoms with Crippen molar-refractivity contribution >= 4 is 5.91 Å². The van der Waals surface area contributed by atoms with E-state index in [1.165, 1.54) is 12.8 Å². The Morgan fingerprint density at radius 1 is 1.40 bits per heavy atom. The van der Waals surface area contributed by atoms with E-state index in [9.17, 15) is 4.79 Å². The number of rotatable bonds is 3. The molecule has 106 valence electrons. The number of carbonyl (C=O) groups excluding carboxylic acids is 1. The van der Waals surface area contributed by atoms with Crippen molar-refractivity contribution in [2.45, 2.75) is 26.2 Å². The first-order chi connectivity index (χ1) is 9.74. The summed E-state index contributed by atoms with van der Waals surface area (Å²) < 4.78 is 0. The van der Waals surface area contributed by atoms with E-state index in [-0.39, 0.29) is 5.91 Å². The van der Waals surface area contributed by atoms with Crippen molar-refractivity contribution in [3.63, 3.8) is 0 Å². The molecule has 0 radical (unpaired) electrons. The van der Waals surface area contributed by atoms with Gasteiger partial charge in [0.25, 0.3) is 5.91 Å². The molecule has 2 rings (SSSR count). The van der Waals surface area contributed by atoms with Gasteiger partial charge in [-0.15, -0.1) is 0 Å². The Hall–Kier alpha value is -1.79. The van der Waals surface area contributed by atoms with E-state index in [0.29, 0.717) is 12.5 Å². The summed E-state index contributed by atoms with van der Waals surface area (Å²) in [5.74, 6) is 6.59. The maximum Gasteiger partial charge on any atom is 0.253 e. The first-order valence-corrected chi connectivity index (χ1v) is 7.33. The van der Waals surface area contributed by atoms with E-state index in [1.54, 1.807) is 0 Å². The molecule has 1 aliphatic heterocycles. The summed E-state index contributed by atoms with van der Waals surface area (Å²) in [4.78, 5) is 14.4. The van der Waals surface area contributed by atoms with Crippen molar-refractivity contribution < 1.29 is 4.79 Å². The molecule has 20 heavy (non-hydrogen) atoms. The molecule has 1 aliphatic rings. The molecule has 2 N–H and O–H groups in total. The van der Waals surface area contributed by atoms with Crippen molar-refractivity contribution in [3.8, 4) is 11.8 Å². The van der Waals surface area contributed by atoms with Crippen LogP contribution < -0.4 is 5.73 Å². The summed E-state index contributed by atoms with van der Waals surface area (Å²) in [6.45, 7) is 4.35. The molecule has 0 aliphatic carbocycles. The van der Waals surface area contributed by atoms with Gasteiger partial charge in [-0.25, -0.2) is 0 Å². The molecule has 1 atom stereocenters. The third-order valence-corrected chi connectivity index (χ3v) is 3.74. The quantitative estimate of drug-likeness (QED) is 0.856. The minimum atomic E-state index is 0.141. The SMILES string of the molecule is CCCC1CCN(C(=O)c2ccc(C#CCN)cc2)C1. The zero-order valence-corrected chi connectivity index (χ0v) is 12.1. The number of nitrogens with two attached hydrogens (primary N) is 1. The van der Waals surface area contributed by atoms with Crippen LogP contribution in [0.1, 0.15) is 42.1 Å². The highest BCUT2D eigenvalue weighted by molar-refractivity contribution is 5.94. The lowest BCUT2D eigenvalue weighted by atomic mass is 10.0. The molecule has 1 unspecified atom stereocenters. The molecule has 3 heteroatoms. The van der Waals surface area contributed by atoms with Crippen molar-refractivity contribution in [2.75, 3.05) is 19.6 Å². The minimum Gasteiger partial charge on any atom is -0.338 e. The number of carbonyl (C=O) groups is 1. The summed E-state index contributed by atoms with van der Waals surface area (Å²) in [6.07, 6.45) is 3.55. The largest absolute Gasteiger partial charge is 0.338 e. The van der Waals surface area contributed by atoms with Gasteiger partial charge in [-0.2, -0.15) is 0 Å². The highest BCUT2D eigenvalue weighted by Gasteiger charge is 2.26. The number of hydrogen-bond acceptors (Lipinski definition) is 2. The zero-order valence-electron chi connectivity index (χ0n) is 12.1. The first-order valence-electron chi connectivity index (χ1n) is 7.33. The molecule has 1 heterocycles. The average Bonchev–Trinajstić information content (AvgIpc) is 2.94. The zero-order chi connectivity index (χ0) is 14.4. The highest BCUT2D eigenvalue weighted by Crippen LogP contribution is 2.22. The van der Waals surface area contributed by atoms with E-state index in [2.05, 4.69) is 18.8 Å². The van der Waals surface area contributed by atoms with Gasteiger partial charge in [0.2, 0.25) is 0 Å². The van der Waals surface area contributed by atoms with Crippen molar-refractivity contribution in [1.82, 2.24) is 4.90 Å². The topological polar surface area (TPSA) is 46.3 Å². The number of hydrogen-bond donors (Lipinski definition) is 1. The van der Waals surface area contributed by atoms with Gasteiger partial charge in [0.05, 0.1) is 6.54 Å². The van der Waals surface area contributed by atoms with Crippen LogP contribution in [0.3, 0.4) is 0 Å². The third-order valence-electron chi connectivity index (χ3n) is 3.74. The molecule has 0 aromatic heterocycles. The molecule has 1 aromatic rings. The monoisotopic (exact) mass is 270 g/mol. The summed E-state index contributed by atoms with van der Waals surface area (Å²) in [7, 11) is 0. The average molecular weight is 270 g/mol. The first kappa shape index (κ1) is 14.6. The lowest BCUT2D eigenvalue weighted by molar-refractivity contribution is 0.0786. The lowest BCUT2D eigenvalue weighted by Crippen LogP contribution is -2.28. The van der Waals surface area contributed by atoms with E-state index in [4.69, 9.17) is 5.73 Å². The minimum absolute atomic E-state index is 0.141. The fraction of sp³-hybridized carbons (Fsp3) is 0.471. The second-order valence-electron chi connectivity index (χ2n) is 5.28. The van der Waals surface area contributed by atoms with Crippen LogP contribution in [0.5, 0.6) is 0 Å². The van der Waals surface area contributed by atoms with Crippen LogP contribution in [0.15, 0.2) is 24.3 Å². The normalized spacial score (nSPS) is 17.7. The fourth-order valence-corrected chi connectivity index (χ4v) is 2.69. The molecule has 0 bridgehead atoms. The summed E-state index contributed by atoms with van der Waals surface area (Å²) >= 11 is 0. The number of likely N-dealkylation sites (tertiary alicyclic amines) is 1. The van der Waals surface area contributed by atoms with Crippen molar-refractivity contribution in [2.24, 2.45) is 11.7 Å². The second kappa shape index (κ2) is 7.12. The Morgan fingerprint density at radius 3 is 2.80 bits per heavy atom. The maximum atomic E-state index is 12.4. The molecule has 0 saturated carbocycles. The molecule has 1 saturated heterocycles.